The molecule has 0 radical (unpaired) electrons. The minimum atomic E-state index is -0.484. The molecular formula is C15H11ClFNO2S. The van der Waals surface area contributed by atoms with Gasteiger partial charge in [0.15, 0.2) is 0 Å². The molecule has 2 N–H and O–H groups in total. The Labute approximate surface area is 130 Å². The van der Waals surface area contributed by atoms with Crippen molar-refractivity contribution in [2.45, 2.75) is 6.54 Å². The van der Waals surface area contributed by atoms with Crippen molar-refractivity contribution < 1.29 is 14.3 Å². The smallest absolute Gasteiger partial charge is 0.253 e. The summed E-state index contributed by atoms with van der Waals surface area (Å²) in [7, 11) is 0. The maximum atomic E-state index is 12.9. The summed E-state index contributed by atoms with van der Waals surface area (Å²) < 4.78 is 12.9. The van der Waals surface area contributed by atoms with E-state index in [0.29, 0.717) is 6.54 Å². The van der Waals surface area contributed by atoms with Gasteiger partial charge in [-0.25, -0.2) is 4.39 Å². The average molecular weight is 324 g/mol. The zero-order chi connectivity index (χ0) is 15.2. The van der Waals surface area contributed by atoms with Crippen LogP contribution in [-0.4, -0.2) is 17.6 Å². The fourth-order valence-electron chi connectivity index (χ4n) is 1.62. The lowest BCUT2D eigenvalue weighted by atomic mass is 10.2. The lowest BCUT2D eigenvalue weighted by molar-refractivity contribution is 0.0951. The van der Waals surface area contributed by atoms with Gasteiger partial charge in [0.1, 0.15) is 12.4 Å². The standard InChI is InChI=1S/C15H11ClFNO2S/c16-14-7-11(17)3-4-13(14)15(20)18-8-12-6-10(9-21-12)2-1-5-19/h3-4,6-7,9,19H,5,8H2,(H,18,20). The van der Waals surface area contributed by atoms with E-state index < -0.39 is 5.82 Å². The summed E-state index contributed by atoms with van der Waals surface area (Å²) in [5, 5.41) is 13.2. The minimum absolute atomic E-state index is 0.0770. The van der Waals surface area contributed by atoms with Gasteiger partial charge in [-0.3, -0.25) is 4.79 Å². The van der Waals surface area contributed by atoms with Crippen molar-refractivity contribution in [3.63, 3.8) is 0 Å². The van der Waals surface area contributed by atoms with Crippen LogP contribution in [-0.2, 0) is 6.54 Å². The molecule has 0 aliphatic carbocycles. The van der Waals surface area contributed by atoms with Crippen molar-refractivity contribution in [1.82, 2.24) is 5.32 Å². The van der Waals surface area contributed by atoms with Gasteiger partial charge in [0, 0.05) is 15.8 Å². The van der Waals surface area contributed by atoms with Gasteiger partial charge in [-0.05, 0) is 24.3 Å². The van der Waals surface area contributed by atoms with Gasteiger partial charge in [0.05, 0.1) is 17.1 Å². The van der Waals surface area contributed by atoms with Crippen molar-refractivity contribution in [2.24, 2.45) is 0 Å². The van der Waals surface area contributed by atoms with Gasteiger partial charge in [0.2, 0.25) is 0 Å². The Morgan fingerprint density at radius 1 is 1.43 bits per heavy atom. The Morgan fingerprint density at radius 2 is 2.24 bits per heavy atom. The molecule has 0 aliphatic heterocycles. The van der Waals surface area contributed by atoms with Gasteiger partial charge in [-0.15, -0.1) is 11.3 Å². The van der Waals surface area contributed by atoms with Crippen LogP contribution in [0.25, 0.3) is 0 Å². The van der Waals surface area contributed by atoms with Gasteiger partial charge in [-0.2, -0.15) is 0 Å². The number of nitrogens with one attached hydrogen (secondary N) is 1. The summed E-state index contributed by atoms with van der Waals surface area (Å²) >= 11 is 7.28. The molecular weight excluding hydrogens is 313 g/mol. The first-order valence-corrected chi connectivity index (χ1v) is 7.26. The second kappa shape index (κ2) is 7.23. The van der Waals surface area contributed by atoms with Crippen LogP contribution >= 0.6 is 22.9 Å². The third-order valence-corrected chi connectivity index (χ3v) is 3.81. The van der Waals surface area contributed by atoms with Crippen LogP contribution in [0.15, 0.2) is 29.6 Å². The molecule has 0 fully saturated rings. The molecule has 0 saturated carbocycles. The molecule has 1 aromatic carbocycles. The fraction of sp³-hybridized carbons (Fsp3) is 0.133. The van der Waals surface area contributed by atoms with E-state index in [9.17, 15) is 9.18 Å². The van der Waals surface area contributed by atoms with E-state index in [-0.39, 0.29) is 23.1 Å². The number of rotatable bonds is 3. The molecule has 1 aromatic heterocycles. The zero-order valence-electron chi connectivity index (χ0n) is 10.8. The Hall–Kier alpha value is -1.87. The molecule has 3 nitrogen and oxygen atoms in total. The topological polar surface area (TPSA) is 49.3 Å². The number of carbonyl (C=O) groups is 1. The predicted molar refractivity (Wildman–Crippen MR) is 80.9 cm³/mol. The molecule has 0 atom stereocenters. The third kappa shape index (κ3) is 4.30. The molecule has 21 heavy (non-hydrogen) atoms. The number of benzene rings is 1. The molecule has 1 heterocycles. The summed E-state index contributed by atoms with van der Waals surface area (Å²) in [6, 6.07) is 5.47. The monoisotopic (exact) mass is 323 g/mol. The first-order chi connectivity index (χ1) is 10.1. The Balaban J connectivity index is 1.99. The first-order valence-electron chi connectivity index (χ1n) is 6.00. The first kappa shape index (κ1) is 15.5. The number of hydrogen-bond acceptors (Lipinski definition) is 3. The largest absolute Gasteiger partial charge is 0.384 e. The maximum absolute atomic E-state index is 12.9. The number of halogens is 2. The van der Waals surface area contributed by atoms with Gasteiger partial charge < -0.3 is 10.4 Å². The number of aliphatic hydroxyl groups excluding tert-OH is 1. The Morgan fingerprint density at radius 3 is 2.95 bits per heavy atom. The van der Waals surface area contributed by atoms with E-state index in [1.165, 1.54) is 23.5 Å². The molecule has 0 unspecified atom stereocenters. The fourth-order valence-corrected chi connectivity index (χ4v) is 2.63. The van der Waals surface area contributed by atoms with E-state index in [1.54, 1.807) is 0 Å². The summed E-state index contributed by atoms with van der Waals surface area (Å²) in [5.41, 5.74) is 1.02. The molecule has 108 valence electrons. The van der Waals surface area contributed by atoms with Crippen LogP contribution in [0.3, 0.4) is 0 Å². The molecule has 0 bridgehead atoms. The maximum Gasteiger partial charge on any atom is 0.253 e. The number of aliphatic hydroxyl groups is 1. The summed E-state index contributed by atoms with van der Waals surface area (Å²) in [4.78, 5) is 12.9. The second-order valence-electron chi connectivity index (χ2n) is 4.07. The highest BCUT2D eigenvalue weighted by Crippen LogP contribution is 2.18. The van der Waals surface area contributed by atoms with Crippen molar-refractivity contribution in [3.8, 4) is 11.8 Å². The summed E-state index contributed by atoms with van der Waals surface area (Å²) in [5.74, 6) is 4.49. The van der Waals surface area contributed by atoms with Crippen molar-refractivity contribution >= 4 is 28.8 Å². The molecule has 0 saturated heterocycles. The number of amides is 1. The summed E-state index contributed by atoms with van der Waals surface area (Å²) in [6.07, 6.45) is 0. The van der Waals surface area contributed by atoms with E-state index in [2.05, 4.69) is 17.2 Å². The Kier molecular flexibility index (Phi) is 5.34. The highest BCUT2D eigenvalue weighted by Gasteiger charge is 2.11. The molecule has 6 heteroatoms. The normalized spacial score (nSPS) is 9.86. The summed E-state index contributed by atoms with van der Waals surface area (Å²) in [6.45, 7) is 0.142. The van der Waals surface area contributed by atoms with Crippen LogP contribution in [0, 0.1) is 17.7 Å². The van der Waals surface area contributed by atoms with Crippen LogP contribution in [0.2, 0.25) is 5.02 Å². The predicted octanol–water partition coefficient (Wildman–Crippen LogP) is 2.81. The van der Waals surface area contributed by atoms with E-state index in [4.69, 9.17) is 16.7 Å². The molecule has 1 amide bonds. The minimum Gasteiger partial charge on any atom is -0.384 e. The molecule has 0 aliphatic rings. The lowest BCUT2D eigenvalue weighted by Gasteiger charge is -2.05. The SMILES string of the molecule is O=C(NCc1cc(C#CCO)cs1)c1ccc(F)cc1Cl. The van der Waals surface area contributed by atoms with Crippen LogP contribution in [0.4, 0.5) is 4.39 Å². The second-order valence-corrected chi connectivity index (χ2v) is 5.47. The van der Waals surface area contributed by atoms with Crippen molar-refractivity contribution in [1.29, 1.82) is 0 Å². The van der Waals surface area contributed by atoms with Gasteiger partial charge >= 0.3 is 0 Å². The zero-order valence-corrected chi connectivity index (χ0v) is 12.4. The van der Waals surface area contributed by atoms with Crippen LogP contribution < -0.4 is 5.32 Å². The van der Waals surface area contributed by atoms with Crippen LogP contribution in [0.1, 0.15) is 20.8 Å². The van der Waals surface area contributed by atoms with E-state index >= 15 is 0 Å². The van der Waals surface area contributed by atoms with E-state index in [0.717, 1.165) is 16.5 Å². The quantitative estimate of drug-likeness (QED) is 0.853. The van der Waals surface area contributed by atoms with Crippen molar-refractivity contribution in [3.05, 3.63) is 56.5 Å². The van der Waals surface area contributed by atoms with Crippen LogP contribution in [0.5, 0.6) is 0 Å². The number of carbonyl (C=O) groups excluding carboxylic acids is 1. The molecule has 2 aromatic rings. The average Bonchev–Trinajstić information content (AvgIpc) is 2.90. The van der Waals surface area contributed by atoms with Gasteiger partial charge in [-0.1, -0.05) is 23.4 Å². The highest BCUT2D eigenvalue weighted by atomic mass is 35.5. The van der Waals surface area contributed by atoms with E-state index in [1.807, 2.05) is 11.4 Å². The Bertz CT molecular complexity index is 718. The van der Waals surface area contributed by atoms with Gasteiger partial charge in [0.25, 0.3) is 5.91 Å². The number of hydrogen-bond donors (Lipinski definition) is 2. The van der Waals surface area contributed by atoms with Crippen molar-refractivity contribution in [2.75, 3.05) is 6.61 Å². The third-order valence-electron chi connectivity index (χ3n) is 2.56. The molecule has 0 spiro atoms. The highest BCUT2D eigenvalue weighted by molar-refractivity contribution is 7.10. The molecule has 2 rings (SSSR count). The lowest BCUT2D eigenvalue weighted by Crippen LogP contribution is -2.22. The number of thiophene rings is 1.